The minimum absolute atomic E-state index is 0.717. The Bertz CT molecular complexity index is 732. The Morgan fingerprint density at radius 2 is 2.05 bits per heavy atom. The summed E-state index contributed by atoms with van der Waals surface area (Å²) >= 11 is 0. The first-order valence-corrected chi connectivity index (χ1v) is 6.48. The van der Waals surface area contributed by atoms with Crippen LogP contribution < -0.4 is 5.73 Å². The highest BCUT2D eigenvalue weighted by Gasteiger charge is 2.09. The maximum absolute atomic E-state index is 5.84. The van der Waals surface area contributed by atoms with Gasteiger partial charge in [-0.15, -0.1) is 0 Å². The maximum Gasteiger partial charge on any atom is 0.145 e. The highest BCUT2D eigenvalue weighted by atomic mass is 15.1. The maximum atomic E-state index is 5.84. The molecule has 2 heterocycles. The van der Waals surface area contributed by atoms with Crippen LogP contribution in [0.1, 0.15) is 12.6 Å². The van der Waals surface area contributed by atoms with Gasteiger partial charge >= 0.3 is 0 Å². The van der Waals surface area contributed by atoms with Gasteiger partial charge in [0.1, 0.15) is 18.0 Å². The molecular formula is C15H15N5. The number of aryl methyl sites for hydroxylation is 1. The van der Waals surface area contributed by atoms with Crippen molar-refractivity contribution in [3.63, 3.8) is 0 Å². The van der Waals surface area contributed by atoms with Gasteiger partial charge in [-0.25, -0.2) is 15.0 Å². The summed E-state index contributed by atoms with van der Waals surface area (Å²) in [5, 5.41) is 0. The summed E-state index contributed by atoms with van der Waals surface area (Å²) in [6, 6.07) is 9.63. The van der Waals surface area contributed by atoms with Crippen LogP contribution in [0.25, 0.3) is 17.2 Å². The average molecular weight is 265 g/mol. The third-order valence-electron chi connectivity index (χ3n) is 3.10. The first-order valence-electron chi connectivity index (χ1n) is 6.48. The highest BCUT2D eigenvalue weighted by Crippen LogP contribution is 2.22. The summed E-state index contributed by atoms with van der Waals surface area (Å²) < 4.78 is 1.94. The molecule has 5 heteroatoms. The molecule has 2 N–H and O–H groups in total. The first kappa shape index (κ1) is 12.3. The lowest BCUT2D eigenvalue weighted by atomic mass is 10.2. The SMILES string of the molecule is CCc1cc(-n2ccnc2-c2cccc(N)c2)ncn1. The van der Waals surface area contributed by atoms with Crippen LogP contribution in [-0.4, -0.2) is 19.5 Å². The van der Waals surface area contributed by atoms with E-state index < -0.39 is 0 Å². The van der Waals surface area contributed by atoms with Crippen molar-refractivity contribution >= 4 is 5.69 Å². The second-order valence-corrected chi connectivity index (χ2v) is 4.47. The molecule has 1 aromatic carbocycles. The Labute approximate surface area is 117 Å². The summed E-state index contributed by atoms with van der Waals surface area (Å²) in [5.74, 6) is 1.63. The lowest BCUT2D eigenvalue weighted by molar-refractivity contribution is 0.932. The number of hydrogen-bond donors (Lipinski definition) is 1. The van der Waals surface area contributed by atoms with Crippen LogP contribution in [0.5, 0.6) is 0 Å². The smallest absolute Gasteiger partial charge is 0.145 e. The summed E-state index contributed by atoms with van der Waals surface area (Å²) in [6.45, 7) is 2.07. The molecule has 0 fully saturated rings. The standard InChI is InChI=1S/C15H15N5/c1-2-13-9-14(19-10-18-13)20-7-6-17-15(20)11-4-3-5-12(16)8-11/h3-10H,2,16H2,1H3. The second kappa shape index (κ2) is 5.13. The molecule has 0 bridgehead atoms. The van der Waals surface area contributed by atoms with Crippen molar-refractivity contribution in [1.82, 2.24) is 19.5 Å². The number of benzene rings is 1. The summed E-state index contributed by atoms with van der Waals surface area (Å²) in [6.07, 6.45) is 6.10. The van der Waals surface area contributed by atoms with E-state index in [0.717, 1.165) is 29.3 Å². The van der Waals surface area contributed by atoms with Gasteiger partial charge in [0.05, 0.1) is 0 Å². The minimum Gasteiger partial charge on any atom is -0.399 e. The van der Waals surface area contributed by atoms with Crippen LogP contribution in [0, 0.1) is 0 Å². The van der Waals surface area contributed by atoms with Gasteiger partial charge in [-0.1, -0.05) is 19.1 Å². The zero-order valence-electron chi connectivity index (χ0n) is 11.2. The number of nitrogen functional groups attached to an aromatic ring is 1. The molecule has 0 radical (unpaired) electrons. The molecule has 2 aromatic heterocycles. The Kier molecular flexibility index (Phi) is 3.16. The van der Waals surface area contributed by atoms with Crippen molar-refractivity contribution < 1.29 is 0 Å². The molecule has 0 aliphatic rings. The van der Waals surface area contributed by atoms with Crippen LogP contribution in [0.4, 0.5) is 5.69 Å². The van der Waals surface area contributed by atoms with E-state index in [-0.39, 0.29) is 0 Å². The Morgan fingerprint density at radius 1 is 1.15 bits per heavy atom. The fourth-order valence-electron chi connectivity index (χ4n) is 2.09. The largest absolute Gasteiger partial charge is 0.399 e. The number of aromatic nitrogens is 4. The van der Waals surface area contributed by atoms with Gasteiger partial charge in [-0.05, 0) is 18.6 Å². The molecule has 0 unspecified atom stereocenters. The fraction of sp³-hybridized carbons (Fsp3) is 0.133. The first-order chi connectivity index (χ1) is 9.78. The molecule has 3 rings (SSSR count). The monoisotopic (exact) mass is 265 g/mol. The number of hydrogen-bond acceptors (Lipinski definition) is 4. The number of anilines is 1. The number of nitrogens with zero attached hydrogens (tertiary/aromatic N) is 4. The topological polar surface area (TPSA) is 69.6 Å². The van der Waals surface area contributed by atoms with Crippen LogP contribution >= 0.6 is 0 Å². The predicted molar refractivity (Wildman–Crippen MR) is 78.4 cm³/mol. The molecule has 5 nitrogen and oxygen atoms in total. The molecule has 0 aliphatic heterocycles. The molecule has 0 saturated heterocycles. The fourth-order valence-corrected chi connectivity index (χ4v) is 2.09. The molecule has 3 aromatic rings. The van der Waals surface area contributed by atoms with Crippen LogP contribution in [0.2, 0.25) is 0 Å². The zero-order chi connectivity index (χ0) is 13.9. The summed E-state index contributed by atoms with van der Waals surface area (Å²) in [4.78, 5) is 12.9. The third-order valence-corrected chi connectivity index (χ3v) is 3.10. The Hall–Kier alpha value is -2.69. The minimum atomic E-state index is 0.717. The van der Waals surface area contributed by atoms with E-state index in [1.165, 1.54) is 0 Å². The molecule has 20 heavy (non-hydrogen) atoms. The van der Waals surface area contributed by atoms with E-state index in [1.54, 1.807) is 12.5 Å². The van der Waals surface area contributed by atoms with Crippen molar-refractivity contribution in [3.05, 3.63) is 54.7 Å². The molecule has 0 spiro atoms. The summed E-state index contributed by atoms with van der Waals surface area (Å²) in [7, 11) is 0. The van der Waals surface area contributed by atoms with E-state index in [2.05, 4.69) is 21.9 Å². The van der Waals surface area contributed by atoms with Gasteiger partial charge in [-0.2, -0.15) is 0 Å². The van der Waals surface area contributed by atoms with E-state index in [1.807, 2.05) is 41.1 Å². The highest BCUT2D eigenvalue weighted by molar-refractivity contribution is 5.62. The molecule has 100 valence electrons. The van der Waals surface area contributed by atoms with Crippen molar-refractivity contribution in [2.24, 2.45) is 0 Å². The van der Waals surface area contributed by atoms with Crippen molar-refractivity contribution in [1.29, 1.82) is 0 Å². The van der Waals surface area contributed by atoms with Gasteiger partial charge in [0.15, 0.2) is 0 Å². The van der Waals surface area contributed by atoms with Crippen molar-refractivity contribution in [2.45, 2.75) is 13.3 Å². The van der Waals surface area contributed by atoms with Crippen molar-refractivity contribution in [2.75, 3.05) is 5.73 Å². The van der Waals surface area contributed by atoms with Gasteiger partial charge in [0.2, 0.25) is 0 Å². The van der Waals surface area contributed by atoms with E-state index in [4.69, 9.17) is 5.73 Å². The van der Waals surface area contributed by atoms with E-state index in [0.29, 0.717) is 5.69 Å². The molecule has 0 saturated carbocycles. The lowest BCUT2D eigenvalue weighted by Crippen LogP contribution is -2.01. The summed E-state index contributed by atoms with van der Waals surface area (Å²) in [5.41, 5.74) is 8.52. The molecular weight excluding hydrogens is 250 g/mol. The lowest BCUT2D eigenvalue weighted by Gasteiger charge is -2.08. The Morgan fingerprint density at radius 3 is 2.85 bits per heavy atom. The molecule has 0 amide bonds. The van der Waals surface area contributed by atoms with Gasteiger partial charge in [0.25, 0.3) is 0 Å². The molecule has 0 atom stereocenters. The van der Waals surface area contributed by atoms with Crippen LogP contribution in [0.15, 0.2) is 49.1 Å². The predicted octanol–water partition coefficient (Wildman–Crippen LogP) is 2.47. The van der Waals surface area contributed by atoms with Gasteiger partial charge < -0.3 is 5.73 Å². The van der Waals surface area contributed by atoms with Gasteiger partial charge in [0, 0.05) is 35.4 Å². The third kappa shape index (κ3) is 2.25. The second-order valence-electron chi connectivity index (χ2n) is 4.47. The quantitative estimate of drug-likeness (QED) is 0.739. The van der Waals surface area contributed by atoms with Crippen molar-refractivity contribution in [3.8, 4) is 17.2 Å². The van der Waals surface area contributed by atoms with Crippen LogP contribution in [0.3, 0.4) is 0 Å². The normalized spacial score (nSPS) is 10.7. The average Bonchev–Trinajstić information content (AvgIpc) is 2.97. The van der Waals surface area contributed by atoms with Crippen LogP contribution in [-0.2, 0) is 6.42 Å². The van der Waals surface area contributed by atoms with E-state index in [9.17, 15) is 0 Å². The molecule has 0 aliphatic carbocycles. The van der Waals surface area contributed by atoms with E-state index >= 15 is 0 Å². The number of rotatable bonds is 3. The number of imidazole rings is 1. The Balaban J connectivity index is 2.10. The number of nitrogens with two attached hydrogens (primary N) is 1. The zero-order valence-corrected chi connectivity index (χ0v) is 11.2. The van der Waals surface area contributed by atoms with Gasteiger partial charge in [-0.3, -0.25) is 4.57 Å².